The molecule has 2 N–H and O–H groups in total. The molecule has 0 radical (unpaired) electrons. The van der Waals surface area contributed by atoms with Gasteiger partial charge >= 0.3 is 0 Å². The number of carbonyl (C=O) groups is 2. The molecule has 7 nitrogen and oxygen atoms in total. The van der Waals surface area contributed by atoms with Gasteiger partial charge in [0.1, 0.15) is 5.75 Å². The SMILES string of the molecule is Cc1ccc(C)c(NC(=O)CCS(=O)(=O)c2ccc3c(c2)OCC(=O)N3)c1. The maximum atomic E-state index is 12.5. The highest BCUT2D eigenvalue weighted by Gasteiger charge is 2.22. The van der Waals surface area contributed by atoms with E-state index in [4.69, 9.17) is 4.74 Å². The van der Waals surface area contributed by atoms with Gasteiger partial charge < -0.3 is 15.4 Å². The summed E-state index contributed by atoms with van der Waals surface area (Å²) >= 11 is 0. The average molecular weight is 388 g/mol. The molecule has 0 saturated carbocycles. The Morgan fingerprint density at radius 1 is 1.19 bits per heavy atom. The van der Waals surface area contributed by atoms with E-state index >= 15 is 0 Å². The summed E-state index contributed by atoms with van der Waals surface area (Å²) in [4.78, 5) is 23.5. The molecule has 2 aromatic carbocycles. The van der Waals surface area contributed by atoms with Crippen molar-refractivity contribution in [1.29, 1.82) is 0 Å². The highest BCUT2D eigenvalue weighted by Crippen LogP contribution is 2.30. The molecular weight excluding hydrogens is 368 g/mol. The third kappa shape index (κ3) is 4.46. The van der Waals surface area contributed by atoms with Gasteiger partial charge in [0.05, 0.1) is 16.3 Å². The van der Waals surface area contributed by atoms with E-state index < -0.39 is 9.84 Å². The van der Waals surface area contributed by atoms with Crippen LogP contribution in [0.4, 0.5) is 11.4 Å². The summed E-state index contributed by atoms with van der Waals surface area (Å²) in [5, 5.41) is 5.36. The zero-order chi connectivity index (χ0) is 19.6. The van der Waals surface area contributed by atoms with Gasteiger partial charge in [0.15, 0.2) is 16.4 Å². The summed E-state index contributed by atoms with van der Waals surface area (Å²) in [6.45, 7) is 3.63. The second kappa shape index (κ2) is 7.40. The molecule has 27 heavy (non-hydrogen) atoms. The van der Waals surface area contributed by atoms with Crippen molar-refractivity contribution in [3.8, 4) is 5.75 Å². The van der Waals surface area contributed by atoms with Crippen molar-refractivity contribution in [2.75, 3.05) is 23.0 Å². The number of hydrogen-bond donors (Lipinski definition) is 2. The minimum atomic E-state index is -3.67. The Kier molecular flexibility index (Phi) is 5.18. The third-order valence-electron chi connectivity index (χ3n) is 4.21. The first kappa shape index (κ1) is 18.9. The van der Waals surface area contributed by atoms with Gasteiger partial charge in [0.25, 0.3) is 5.91 Å². The summed E-state index contributed by atoms with van der Waals surface area (Å²) in [6.07, 6.45) is -0.162. The molecule has 0 bridgehead atoms. The van der Waals surface area contributed by atoms with Crippen LogP contribution in [0, 0.1) is 13.8 Å². The van der Waals surface area contributed by atoms with Crippen LogP contribution in [-0.4, -0.2) is 32.6 Å². The van der Waals surface area contributed by atoms with Gasteiger partial charge in [0.2, 0.25) is 5.91 Å². The zero-order valence-corrected chi connectivity index (χ0v) is 15.9. The van der Waals surface area contributed by atoms with Crippen LogP contribution >= 0.6 is 0 Å². The normalized spacial score (nSPS) is 13.3. The standard InChI is InChI=1S/C19H20N2O5S/c1-12-3-4-13(2)16(9-12)21-18(22)7-8-27(24,25)14-5-6-15-17(10-14)26-11-19(23)20-15/h3-6,9-10H,7-8,11H2,1-2H3,(H,20,23)(H,21,22). The van der Waals surface area contributed by atoms with Gasteiger partial charge in [-0.2, -0.15) is 0 Å². The van der Waals surface area contributed by atoms with Gasteiger partial charge in [-0.05, 0) is 43.2 Å². The Morgan fingerprint density at radius 3 is 2.74 bits per heavy atom. The molecule has 142 valence electrons. The highest BCUT2D eigenvalue weighted by atomic mass is 32.2. The molecule has 1 aliphatic heterocycles. The lowest BCUT2D eigenvalue weighted by molar-refractivity contribution is -0.118. The molecule has 3 rings (SSSR count). The summed E-state index contributed by atoms with van der Waals surface area (Å²) in [6, 6.07) is 9.92. The van der Waals surface area contributed by atoms with Crippen LogP contribution in [0.25, 0.3) is 0 Å². The topological polar surface area (TPSA) is 102 Å². The van der Waals surface area contributed by atoms with E-state index in [0.717, 1.165) is 11.1 Å². The van der Waals surface area contributed by atoms with E-state index in [0.29, 0.717) is 17.1 Å². The van der Waals surface area contributed by atoms with E-state index in [1.807, 2.05) is 32.0 Å². The monoisotopic (exact) mass is 388 g/mol. The molecule has 0 fully saturated rings. The van der Waals surface area contributed by atoms with Crippen molar-refractivity contribution in [2.45, 2.75) is 25.2 Å². The Balaban J connectivity index is 1.67. The smallest absolute Gasteiger partial charge is 0.262 e. The van der Waals surface area contributed by atoms with Crippen LogP contribution in [0.2, 0.25) is 0 Å². The van der Waals surface area contributed by atoms with Crippen molar-refractivity contribution < 1.29 is 22.7 Å². The van der Waals surface area contributed by atoms with Crippen molar-refractivity contribution in [2.24, 2.45) is 0 Å². The van der Waals surface area contributed by atoms with Gasteiger partial charge in [-0.15, -0.1) is 0 Å². The summed E-state index contributed by atoms with van der Waals surface area (Å²) in [5.74, 6) is -0.681. The van der Waals surface area contributed by atoms with Crippen LogP contribution in [0.5, 0.6) is 5.75 Å². The molecular formula is C19H20N2O5S. The Morgan fingerprint density at radius 2 is 1.96 bits per heavy atom. The molecule has 0 aromatic heterocycles. The second-order valence-electron chi connectivity index (χ2n) is 6.43. The minimum Gasteiger partial charge on any atom is -0.482 e. The number of ether oxygens (including phenoxy) is 1. The maximum Gasteiger partial charge on any atom is 0.262 e. The Bertz CT molecular complexity index is 1010. The molecule has 0 unspecified atom stereocenters. The third-order valence-corrected chi connectivity index (χ3v) is 5.92. The number of carbonyl (C=O) groups excluding carboxylic acids is 2. The zero-order valence-electron chi connectivity index (χ0n) is 15.0. The number of aryl methyl sites for hydroxylation is 2. The van der Waals surface area contributed by atoms with Gasteiger partial charge in [-0.25, -0.2) is 8.42 Å². The molecule has 0 aliphatic carbocycles. The summed E-state index contributed by atoms with van der Waals surface area (Å²) < 4.78 is 30.3. The van der Waals surface area contributed by atoms with E-state index in [2.05, 4.69) is 10.6 Å². The molecule has 1 aliphatic rings. The van der Waals surface area contributed by atoms with Gasteiger partial charge in [0, 0.05) is 18.2 Å². The Hall–Kier alpha value is -2.87. The van der Waals surface area contributed by atoms with Gasteiger partial charge in [-0.3, -0.25) is 9.59 Å². The first-order valence-electron chi connectivity index (χ1n) is 8.41. The van der Waals surface area contributed by atoms with Crippen molar-refractivity contribution >= 4 is 33.0 Å². The molecule has 8 heteroatoms. The number of fused-ring (bicyclic) bond motifs is 1. The van der Waals surface area contributed by atoms with E-state index in [1.54, 1.807) is 0 Å². The lowest BCUT2D eigenvalue weighted by atomic mass is 10.1. The van der Waals surface area contributed by atoms with Gasteiger partial charge in [-0.1, -0.05) is 12.1 Å². The van der Waals surface area contributed by atoms with E-state index in [9.17, 15) is 18.0 Å². The maximum absolute atomic E-state index is 12.5. The van der Waals surface area contributed by atoms with Crippen molar-refractivity contribution in [1.82, 2.24) is 0 Å². The van der Waals surface area contributed by atoms with Crippen LogP contribution in [0.15, 0.2) is 41.3 Å². The highest BCUT2D eigenvalue weighted by molar-refractivity contribution is 7.91. The van der Waals surface area contributed by atoms with Crippen molar-refractivity contribution in [3.63, 3.8) is 0 Å². The van der Waals surface area contributed by atoms with Crippen LogP contribution in [-0.2, 0) is 19.4 Å². The summed E-state index contributed by atoms with van der Waals surface area (Å²) in [7, 11) is -3.67. The predicted molar refractivity (Wildman–Crippen MR) is 102 cm³/mol. The molecule has 1 heterocycles. The van der Waals surface area contributed by atoms with Crippen LogP contribution in [0.1, 0.15) is 17.5 Å². The van der Waals surface area contributed by atoms with Crippen molar-refractivity contribution in [3.05, 3.63) is 47.5 Å². The fraction of sp³-hybridized carbons (Fsp3) is 0.263. The number of nitrogens with one attached hydrogen (secondary N) is 2. The molecule has 2 aromatic rings. The van der Waals surface area contributed by atoms with E-state index in [1.165, 1.54) is 18.2 Å². The first-order chi connectivity index (χ1) is 12.7. The summed E-state index contributed by atoms with van der Waals surface area (Å²) in [5.41, 5.74) is 3.02. The lowest BCUT2D eigenvalue weighted by Gasteiger charge is -2.18. The quantitative estimate of drug-likeness (QED) is 0.819. The second-order valence-corrected chi connectivity index (χ2v) is 8.54. The van der Waals surface area contributed by atoms with E-state index in [-0.39, 0.29) is 35.5 Å². The molecule has 0 saturated heterocycles. The average Bonchev–Trinajstić information content (AvgIpc) is 2.62. The molecule has 2 amide bonds. The number of sulfone groups is 1. The lowest BCUT2D eigenvalue weighted by Crippen LogP contribution is -2.25. The minimum absolute atomic E-state index is 0.0527. The largest absolute Gasteiger partial charge is 0.482 e. The fourth-order valence-corrected chi connectivity index (χ4v) is 3.93. The predicted octanol–water partition coefficient (Wildman–Crippen LogP) is 2.44. The number of anilines is 2. The van der Waals surface area contributed by atoms with Crippen LogP contribution < -0.4 is 15.4 Å². The number of rotatable bonds is 5. The molecule has 0 spiro atoms. The van der Waals surface area contributed by atoms with Crippen LogP contribution in [0.3, 0.4) is 0 Å². The molecule has 0 atom stereocenters. The number of benzene rings is 2. The number of amides is 2. The first-order valence-corrected chi connectivity index (χ1v) is 10.1. The number of hydrogen-bond acceptors (Lipinski definition) is 5. The fourth-order valence-electron chi connectivity index (χ4n) is 2.68. The Labute approximate surface area is 157 Å².